The molecule has 0 unspecified atom stereocenters. The molecule has 1 aromatic carbocycles. The minimum atomic E-state index is -1.07. The Kier molecular flexibility index (Phi) is 4.96. The number of carboxylic acid groups (broad SMARTS) is 1. The van der Waals surface area contributed by atoms with Crippen LogP contribution in [0.5, 0.6) is 5.75 Å². The van der Waals surface area contributed by atoms with Crippen molar-refractivity contribution in [2.45, 2.75) is 6.92 Å². The number of halogens is 1. The number of aromatic carboxylic acids is 1. The third kappa shape index (κ3) is 4.07. The fraction of sp³-hybridized carbons (Fsp3) is 0.273. The van der Waals surface area contributed by atoms with Gasteiger partial charge in [0.25, 0.3) is 0 Å². The van der Waals surface area contributed by atoms with E-state index in [-0.39, 0.29) is 18.8 Å². The maximum Gasteiger partial charge on any atom is 0.344 e. The number of carbonyl (C=O) groups excluding carboxylic acids is 1. The zero-order valence-corrected chi connectivity index (χ0v) is 10.7. The van der Waals surface area contributed by atoms with E-state index < -0.39 is 11.9 Å². The zero-order chi connectivity index (χ0) is 12.8. The number of carbonyl (C=O) groups is 2. The van der Waals surface area contributed by atoms with Gasteiger partial charge in [0.05, 0.1) is 12.2 Å². The van der Waals surface area contributed by atoms with E-state index in [0.29, 0.717) is 10.2 Å². The summed E-state index contributed by atoms with van der Waals surface area (Å²) in [4.78, 5) is 21.9. The Balaban J connectivity index is 2.69. The van der Waals surface area contributed by atoms with Crippen molar-refractivity contribution in [1.82, 2.24) is 0 Å². The molecule has 0 radical (unpaired) electrons. The first-order valence-electron chi connectivity index (χ1n) is 4.86. The number of hydrogen-bond acceptors (Lipinski definition) is 4. The highest BCUT2D eigenvalue weighted by molar-refractivity contribution is 9.10. The van der Waals surface area contributed by atoms with Crippen molar-refractivity contribution in [3.8, 4) is 5.75 Å². The number of rotatable bonds is 5. The van der Waals surface area contributed by atoms with Crippen molar-refractivity contribution in [3.05, 3.63) is 28.2 Å². The smallest absolute Gasteiger partial charge is 0.344 e. The highest BCUT2D eigenvalue weighted by Crippen LogP contribution is 2.22. The van der Waals surface area contributed by atoms with Crippen LogP contribution in [-0.4, -0.2) is 30.3 Å². The average molecular weight is 303 g/mol. The zero-order valence-electron chi connectivity index (χ0n) is 9.10. The minimum absolute atomic E-state index is 0.0753. The standard InChI is InChI=1S/C11H11BrO5/c1-2-16-10(13)6-17-7-3-4-9(12)8(5-7)11(14)15/h3-5H,2,6H2,1H3,(H,14,15). The first-order chi connectivity index (χ1) is 8.04. The van der Waals surface area contributed by atoms with E-state index in [1.807, 2.05) is 0 Å². The summed E-state index contributed by atoms with van der Waals surface area (Å²) < 4.78 is 10.2. The largest absolute Gasteiger partial charge is 0.482 e. The maximum atomic E-state index is 11.0. The highest BCUT2D eigenvalue weighted by Gasteiger charge is 2.10. The first kappa shape index (κ1) is 13.5. The fourth-order valence-corrected chi connectivity index (χ4v) is 1.52. The monoisotopic (exact) mass is 302 g/mol. The Morgan fingerprint density at radius 2 is 2.12 bits per heavy atom. The Morgan fingerprint density at radius 3 is 2.71 bits per heavy atom. The summed E-state index contributed by atoms with van der Waals surface area (Å²) in [6, 6.07) is 4.45. The lowest BCUT2D eigenvalue weighted by Gasteiger charge is -2.07. The second-order valence-corrected chi connectivity index (χ2v) is 3.89. The van der Waals surface area contributed by atoms with Crippen LogP contribution in [0.1, 0.15) is 17.3 Å². The first-order valence-corrected chi connectivity index (χ1v) is 5.65. The molecule has 0 spiro atoms. The van der Waals surface area contributed by atoms with E-state index in [4.69, 9.17) is 9.84 Å². The van der Waals surface area contributed by atoms with E-state index in [0.717, 1.165) is 0 Å². The van der Waals surface area contributed by atoms with Gasteiger partial charge >= 0.3 is 11.9 Å². The van der Waals surface area contributed by atoms with Crippen LogP contribution in [-0.2, 0) is 9.53 Å². The van der Waals surface area contributed by atoms with Gasteiger partial charge in [-0.25, -0.2) is 9.59 Å². The lowest BCUT2D eigenvalue weighted by molar-refractivity contribution is -0.145. The summed E-state index contributed by atoms with van der Waals surface area (Å²) >= 11 is 3.11. The molecule has 0 bridgehead atoms. The minimum Gasteiger partial charge on any atom is -0.482 e. The SMILES string of the molecule is CCOC(=O)COc1ccc(Br)c(C(=O)O)c1. The molecule has 0 aliphatic heterocycles. The molecule has 0 atom stereocenters. The predicted molar refractivity (Wildman–Crippen MR) is 63.2 cm³/mol. The van der Waals surface area contributed by atoms with Gasteiger partial charge in [-0.1, -0.05) is 0 Å². The number of ether oxygens (including phenoxy) is 2. The van der Waals surface area contributed by atoms with Gasteiger partial charge < -0.3 is 14.6 Å². The fourth-order valence-electron chi connectivity index (χ4n) is 1.10. The predicted octanol–water partition coefficient (Wildman–Crippen LogP) is 2.09. The summed E-state index contributed by atoms with van der Waals surface area (Å²) in [5.41, 5.74) is 0.0753. The molecule has 0 fully saturated rings. The molecule has 92 valence electrons. The van der Waals surface area contributed by atoms with Gasteiger partial charge in [0.15, 0.2) is 6.61 Å². The third-order valence-electron chi connectivity index (χ3n) is 1.83. The molecule has 1 N–H and O–H groups in total. The molecule has 0 aliphatic carbocycles. The summed E-state index contributed by atoms with van der Waals surface area (Å²) in [7, 11) is 0. The molecule has 6 heteroatoms. The van der Waals surface area contributed by atoms with Gasteiger partial charge in [-0.3, -0.25) is 0 Å². The number of hydrogen-bond donors (Lipinski definition) is 1. The summed E-state index contributed by atoms with van der Waals surface area (Å²) in [5, 5.41) is 8.87. The van der Waals surface area contributed by atoms with Crippen molar-refractivity contribution >= 4 is 27.9 Å². The number of carboxylic acids is 1. The molecule has 1 aromatic rings. The second kappa shape index (κ2) is 6.24. The quantitative estimate of drug-likeness (QED) is 0.843. The molecule has 0 amide bonds. The van der Waals surface area contributed by atoms with E-state index in [9.17, 15) is 9.59 Å². The van der Waals surface area contributed by atoms with Crippen LogP contribution in [0.4, 0.5) is 0 Å². The summed E-state index contributed by atoms with van der Waals surface area (Å²) in [6.07, 6.45) is 0. The topological polar surface area (TPSA) is 72.8 Å². The molecule has 0 aromatic heterocycles. The normalized spacial score (nSPS) is 9.76. The van der Waals surface area contributed by atoms with Crippen molar-refractivity contribution in [2.75, 3.05) is 13.2 Å². The van der Waals surface area contributed by atoms with Gasteiger partial charge in [-0.2, -0.15) is 0 Å². The van der Waals surface area contributed by atoms with E-state index in [1.54, 1.807) is 19.1 Å². The van der Waals surface area contributed by atoms with Crippen molar-refractivity contribution in [3.63, 3.8) is 0 Å². The lowest BCUT2D eigenvalue weighted by Crippen LogP contribution is -2.14. The van der Waals surface area contributed by atoms with Crippen LogP contribution in [0, 0.1) is 0 Å². The molecule has 17 heavy (non-hydrogen) atoms. The third-order valence-corrected chi connectivity index (χ3v) is 2.52. The van der Waals surface area contributed by atoms with Gasteiger partial charge in [-0.05, 0) is 41.1 Å². The molecule has 5 nitrogen and oxygen atoms in total. The van der Waals surface area contributed by atoms with Crippen LogP contribution in [0.3, 0.4) is 0 Å². The summed E-state index contributed by atoms with van der Waals surface area (Å²) in [6.45, 7) is 1.73. The van der Waals surface area contributed by atoms with Gasteiger partial charge in [0.2, 0.25) is 0 Å². The van der Waals surface area contributed by atoms with Crippen LogP contribution in [0.2, 0.25) is 0 Å². The average Bonchev–Trinajstić information content (AvgIpc) is 2.28. The van der Waals surface area contributed by atoms with Crippen molar-refractivity contribution in [1.29, 1.82) is 0 Å². The van der Waals surface area contributed by atoms with Gasteiger partial charge in [-0.15, -0.1) is 0 Å². The van der Waals surface area contributed by atoms with Crippen LogP contribution in [0.15, 0.2) is 22.7 Å². The number of esters is 1. The van der Waals surface area contributed by atoms with Crippen LogP contribution >= 0.6 is 15.9 Å². The summed E-state index contributed by atoms with van der Waals surface area (Å²) in [5.74, 6) is -1.26. The molecule has 0 saturated carbocycles. The van der Waals surface area contributed by atoms with E-state index >= 15 is 0 Å². The Labute approximate surface area is 106 Å². The molecule has 0 aliphatic rings. The second-order valence-electron chi connectivity index (χ2n) is 3.04. The highest BCUT2D eigenvalue weighted by atomic mass is 79.9. The van der Waals surface area contributed by atoms with Crippen LogP contribution < -0.4 is 4.74 Å². The van der Waals surface area contributed by atoms with Crippen molar-refractivity contribution < 1.29 is 24.2 Å². The van der Waals surface area contributed by atoms with Gasteiger partial charge in [0.1, 0.15) is 5.75 Å². The molecule has 0 heterocycles. The van der Waals surface area contributed by atoms with Crippen molar-refractivity contribution in [2.24, 2.45) is 0 Å². The molecule has 1 rings (SSSR count). The molecular formula is C11H11BrO5. The van der Waals surface area contributed by atoms with E-state index in [2.05, 4.69) is 20.7 Å². The number of benzene rings is 1. The van der Waals surface area contributed by atoms with Crippen LogP contribution in [0.25, 0.3) is 0 Å². The lowest BCUT2D eigenvalue weighted by atomic mass is 10.2. The Hall–Kier alpha value is -1.56. The maximum absolute atomic E-state index is 11.0. The van der Waals surface area contributed by atoms with Gasteiger partial charge in [0, 0.05) is 4.47 Å². The van der Waals surface area contributed by atoms with E-state index in [1.165, 1.54) is 6.07 Å². The molecule has 0 saturated heterocycles. The Morgan fingerprint density at radius 1 is 1.41 bits per heavy atom. The Bertz CT molecular complexity index is 430. The molecular weight excluding hydrogens is 292 g/mol.